The van der Waals surface area contributed by atoms with Crippen molar-refractivity contribution in [2.75, 3.05) is 20.0 Å². The second-order valence-electron chi connectivity index (χ2n) is 4.67. The SMILES string of the molecule is CCOCC(=O)OC(C)C(=O)NCc1ccc2c(c1)OCO2. The smallest absolute Gasteiger partial charge is 0.332 e. The first kappa shape index (κ1) is 16.1. The largest absolute Gasteiger partial charge is 0.454 e. The van der Waals surface area contributed by atoms with Crippen LogP contribution in [0.25, 0.3) is 0 Å². The van der Waals surface area contributed by atoms with Gasteiger partial charge in [0.1, 0.15) is 6.61 Å². The van der Waals surface area contributed by atoms with E-state index >= 15 is 0 Å². The van der Waals surface area contributed by atoms with E-state index in [1.54, 1.807) is 19.1 Å². The molecular weight excluding hydrogens is 290 g/mol. The Bertz CT molecular complexity index is 545. The second kappa shape index (κ2) is 7.65. The van der Waals surface area contributed by atoms with Crippen molar-refractivity contribution in [2.45, 2.75) is 26.5 Å². The van der Waals surface area contributed by atoms with E-state index in [0.717, 1.165) is 5.56 Å². The van der Waals surface area contributed by atoms with Crippen LogP contribution in [0.1, 0.15) is 19.4 Å². The lowest BCUT2D eigenvalue weighted by molar-refractivity contribution is -0.158. The number of hydrogen-bond donors (Lipinski definition) is 1. The highest BCUT2D eigenvalue weighted by Gasteiger charge is 2.18. The van der Waals surface area contributed by atoms with E-state index in [4.69, 9.17) is 18.9 Å². The molecule has 0 saturated heterocycles. The van der Waals surface area contributed by atoms with Crippen molar-refractivity contribution >= 4 is 11.9 Å². The van der Waals surface area contributed by atoms with Crippen molar-refractivity contribution in [1.29, 1.82) is 0 Å². The van der Waals surface area contributed by atoms with Gasteiger partial charge in [-0.15, -0.1) is 0 Å². The molecule has 1 atom stereocenters. The zero-order valence-corrected chi connectivity index (χ0v) is 12.6. The number of hydrogen-bond acceptors (Lipinski definition) is 6. The molecule has 1 aromatic rings. The van der Waals surface area contributed by atoms with Gasteiger partial charge in [0.2, 0.25) is 6.79 Å². The molecule has 1 unspecified atom stereocenters. The van der Waals surface area contributed by atoms with E-state index in [0.29, 0.717) is 24.7 Å². The summed E-state index contributed by atoms with van der Waals surface area (Å²) in [5.41, 5.74) is 0.866. The molecule has 1 aliphatic rings. The quantitative estimate of drug-likeness (QED) is 0.757. The van der Waals surface area contributed by atoms with Gasteiger partial charge in [-0.1, -0.05) is 6.07 Å². The highest BCUT2D eigenvalue weighted by Crippen LogP contribution is 2.32. The van der Waals surface area contributed by atoms with E-state index < -0.39 is 12.1 Å². The minimum Gasteiger partial charge on any atom is -0.454 e. The second-order valence-corrected chi connectivity index (χ2v) is 4.67. The average molecular weight is 309 g/mol. The molecule has 1 aromatic carbocycles. The molecule has 0 radical (unpaired) electrons. The van der Waals surface area contributed by atoms with Crippen LogP contribution in [-0.2, 0) is 25.6 Å². The lowest BCUT2D eigenvalue weighted by Gasteiger charge is -2.13. The Hall–Kier alpha value is -2.28. The minimum atomic E-state index is -0.873. The molecule has 0 aliphatic carbocycles. The van der Waals surface area contributed by atoms with Crippen LogP contribution < -0.4 is 14.8 Å². The van der Waals surface area contributed by atoms with Crippen molar-refractivity contribution < 1.29 is 28.5 Å². The van der Waals surface area contributed by atoms with Crippen LogP contribution in [0.5, 0.6) is 11.5 Å². The van der Waals surface area contributed by atoms with Gasteiger partial charge in [-0.2, -0.15) is 0 Å². The van der Waals surface area contributed by atoms with Crippen LogP contribution in [-0.4, -0.2) is 38.0 Å². The van der Waals surface area contributed by atoms with Crippen molar-refractivity contribution in [2.24, 2.45) is 0 Å². The summed E-state index contributed by atoms with van der Waals surface area (Å²) in [4.78, 5) is 23.2. The number of benzene rings is 1. The fourth-order valence-corrected chi connectivity index (χ4v) is 1.85. The summed E-state index contributed by atoms with van der Waals surface area (Å²) in [5, 5.41) is 2.70. The molecule has 0 fully saturated rings. The lowest BCUT2D eigenvalue weighted by atomic mass is 10.2. The van der Waals surface area contributed by atoms with Crippen molar-refractivity contribution in [3.8, 4) is 11.5 Å². The highest BCUT2D eigenvalue weighted by atomic mass is 16.7. The Kier molecular flexibility index (Phi) is 5.60. The average Bonchev–Trinajstić information content (AvgIpc) is 2.98. The number of esters is 1. The third-order valence-electron chi connectivity index (χ3n) is 3.01. The third-order valence-corrected chi connectivity index (χ3v) is 3.01. The standard InChI is InChI=1S/C15H19NO6/c1-3-19-8-14(17)22-10(2)15(18)16-7-11-4-5-12-13(6-11)21-9-20-12/h4-6,10H,3,7-9H2,1-2H3,(H,16,18). The van der Waals surface area contributed by atoms with E-state index in [1.165, 1.54) is 6.92 Å². The molecule has 1 heterocycles. The summed E-state index contributed by atoms with van der Waals surface area (Å²) in [6, 6.07) is 5.42. The van der Waals surface area contributed by atoms with Crippen LogP contribution >= 0.6 is 0 Å². The Morgan fingerprint density at radius 1 is 1.32 bits per heavy atom. The predicted molar refractivity (Wildman–Crippen MR) is 76.5 cm³/mol. The third kappa shape index (κ3) is 4.36. The summed E-state index contributed by atoms with van der Waals surface area (Å²) >= 11 is 0. The topological polar surface area (TPSA) is 83.1 Å². The lowest BCUT2D eigenvalue weighted by Crippen LogP contribution is -2.36. The van der Waals surface area contributed by atoms with Crippen LogP contribution in [0.4, 0.5) is 0 Å². The van der Waals surface area contributed by atoms with Gasteiger partial charge in [0, 0.05) is 13.2 Å². The van der Waals surface area contributed by atoms with Gasteiger partial charge in [0.15, 0.2) is 17.6 Å². The number of nitrogens with one attached hydrogen (secondary N) is 1. The van der Waals surface area contributed by atoms with Crippen LogP contribution in [0, 0.1) is 0 Å². The van der Waals surface area contributed by atoms with Gasteiger partial charge in [-0.25, -0.2) is 4.79 Å². The molecule has 120 valence electrons. The maximum absolute atomic E-state index is 11.9. The number of amides is 1. The molecule has 22 heavy (non-hydrogen) atoms. The molecule has 0 spiro atoms. The summed E-state index contributed by atoms with van der Waals surface area (Å²) in [6.45, 7) is 4.06. The first-order valence-corrected chi connectivity index (χ1v) is 7.03. The van der Waals surface area contributed by atoms with Gasteiger partial charge < -0.3 is 24.3 Å². The van der Waals surface area contributed by atoms with Gasteiger partial charge in [-0.05, 0) is 31.5 Å². The Balaban J connectivity index is 1.78. The molecule has 1 aliphatic heterocycles. The zero-order valence-electron chi connectivity index (χ0n) is 12.6. The number of carbonyl (C=O) groups excluding carboxylic acids is 2. The monoisotopic (exact) mass is 309 g/mol. The summed E-state index contributed by atoms with van der Waals surface area (Å²) < 4.78 is 20.4. The summed E-state index contributed by atoms with van der Waals surface area (Å²) in [5.74, 6) is 0.409. The number of ether oxygens (including phenoxy) is 4. The van der Waals surface area contributed by atoms with Crippen LogP contribution in [0.2, 0.25) is 0 Å². The molecule has 7 nitrogen and oxygen atoms in total. The maximum Gasteiger partial charge on any atom is 0.332 e. The summed E-state index contributed by atoms with van der Waals surface area (Å²) in [6.07, 6.45) is -0.873. The molecule has 0 saturated carbocycles. The molecule has 0 bridgehead atoms. The van der Waals surface area contributed by atoms with E-state index in [9.17, 15) is 9.59 Å². The van der Waals surface area contributed by atoms with Gasteiger partial charge in [0.05, 0.1) is 0 Å². The highest BCUT2D eigenvalue weighted by molar-refractivity contribution is 5.83. The van der Waals surface area contributed by atoms with Crippen LogP contribution in [0.15, 0.2) is 18.2 Å². The predicted octanol–water partition coefficient (Wildman–Crippen LogP) is 1.000. The molecule has 0 aromatic heterocycles. The Morgan fingerprint density at radius 2 is 2.09 bits per heavy atom. The number of carbonyl (C=O) groups is 2. The van der Waals surface area contributed by atoms with E-state index in [2.05, 4.69) is 5.32 Å². The first-order valence-electron chi connectivity index (χ1n) is 7.03. The zero-order chi connectivity index (χ0) is 15.9. The fourth-order valence-electron chi connectivity index (χ4n) is 1.85. The van der Waals surface area contributed by atoms with Gasteiger partial charge in [-0.3, -0.25) is 4.79 Å². The maximum atomic E-state index is 11.9. The van der Waals surface area contributed by atoms with Crippen LogP contribution in [0.3, 0.4) is 0 Å². The van der Waals surface area contributed by atoms with Crippen molar-refractivity contribution in [3.63, 3.8) is 0 Å². The van der Waals surface area contributed by atoms with E-state index in [-0.39, 0.29) is 19.3 Å². The van der Waals surface area contributed by atoms with Gasteiger partial charge >= 0.3 is 5.97 Å². The number of fused-ring (bicyclic) bond motifs is 1. The van der Waals surface area contributed by atoms with Crippen molar-refractivity contribution in [3.05, 3.63) is 23.8 Å². The fraction of sp³-hybridized carbons (Fsp3) is 0.467. The number of rotatable bonds is 7. The van der Waals surface area contributed by atoms with Gasteiger partial charge in [0.25, 0.3) is 5.91 Å². The molecule has 1 N–H and O–H groups in total. The molecular formula is C15H19NO6. The Labute approximate surface area is 128 Å². The molecule has 1 amide bonds. The molecule has 2 rings (SSSR count). The first-order chi connectivity index (χ1) is 10.6. The summed E-state index contributed by atoms with van der Waals surface area (Å²) in [7, 11) is 0. The minimum absolute atomic E-state index is 0.156. The molecule has 7 heteroatoms. The Morgan fingerprint density at radius 3 is 2.86 bits per heavy atom. The normalized spacial score (nSPS) is 13.5. The van der Waals surface area contributed by atoms with E-state index in [1.807, 2.05) is 6.07 Å². The van der Waals surface area contributed by atoms with Crippen molar-refractivity contribution in [1.82, 2.24) is 5.32 Å².